The lowest BCUT2D eigenvalue weighted by atomic mass is 9.82. The molecule has 0 radical (unpaired) electrons. The van der Waals surface area contributed by atoms with Gasteiger partial charge in [0.05, 0.1) is 0 Å². The van der Waals surface area contributed by atoms with Gasteiger partial charge >= 0.3 is 0 Å². The zero-order chi connectivity index (χ0) is 15.4. The van der Waals surface area contributed by atoms with Crippen molar-refractivity contribution in [2.75, 3.05) is 0 Å². The van der Waals surface area contributed by atoms with Crippen LogP contribution in [-0.4, -0.2) is 5.78 Å². The number of fused-ring (bicyclic) bond motifs is 8. The first-order valence-corrected chi connectivity index (χ1v) is 8.23. The molecule has 0 N–H and O–H groups in total. The van der Waals surface area contributed by atoms with Gasteiger partial charge in [0.25, 0.3) is 0 Å². The SMILES string of the molecule is O=C1CCCc2c1c1ccc3ccccc3c1c1ccccc21. The van der Waals surface area contributed by atoms with E-state index < -0.39 is 0 Å². The van der Waals surface area contributed by atoms with Crippen LogP contribution in [-0.2, 0) is 6.42 Å². The van der Waals surface area contributed by atoms with Gasteiger partial charge < -0.3 is 0 Å². The summed E-state index contributed by atoms with van der Waals surface area (Å²) in [7, 11) is 0. The first kappa shape index (κ1) is 12.8. The van der Waals surface area contributed by atoms with E-state index in [1.54, 1.807) is 0 Å². The summed E-state index contributed by atoms with van der Waals surface area (Å²) in [4.78, 5) is 12.7. The Morgan fingerprint density at radius 3 is 2.26 bits per heavy atom. The summed E-state index contributed by atoms with van der Waals surface area (Å²) in [5.41, 5.74) is 2.22. The van der Waals surface area contributed by atoms with Crippen LogP contribution in [0.15, 0.2) is 60.7 Å². The molecular weight excluding hydrogens is 280 g/mol. The van der Waals surface area contributed by atoms with Gasteiger partial charge in [-0.2, -0.15) is 0 Å². The number of rotatable bonds is 0. The monoisotopic (exact) mass is 296 g/mol. The number of carbonyl (C=O) groups excluding carboxylic acids is 1. The highest BCUT2D eigenvalue weighted by Crippen LogP contribution is 2.39. The van der Waals surface area contributed by atoms with E-state index in [9.17, 15) is 4.79 Å². The van der Waals surface area contributed by atoms with E-state index >= 15 is 0 Å². The smallest absolute Gasteiger partial charge is 0.163 e. The van der Waals surface area contributed by atoms with Crippen molar-refractivity contribution in [2.24, 2.45) is 0 Å². The van der Waals surface area contributed by atoms with Crippen molar-refractivity contribution in [2.45, 2.75) is 19.3 Å². The molecule has 0 aliphatic heterocycles. The van der Waals surface area contributed by atoms with Crippen LogP contribution in [0.4, 0.5) is 0 Å². The highest BCUT2D eigenvalue weighted by atomic mass is 16.1. The Kier molecular flexibility index (Phi) is 2.60. The molecule has 0 bridgehead atoms. The molecule has 0 heterocycles. The number of hydrogen-bond acceptors (Lipinski definition) is 1. The standard InChI is InChI=1S/C22H16O/c23-20-11-5-10-18-16-8-3-4-9-17(16)21-15-7-2-1-6-14(15)12-13-19(21)22(18)20/h1-4,6-9,12-13H,5,10-11H2. The molecule has 0 unspecified atom stereocenters. The molecule has 1 aliphatic rings. The molecule has 1 heteroatoms. The van der Waals surface area contributed by atoms with Gasteiger partial charge in [0.2, 0.25) is 0 Å². The van der Waals surface area contributed by atoms with Gasteiger partial charge in [-0.3, -0.25) is 4.79 Å². The van der Waals surface area contributed by atoms with E-state index in [1.165, 1.54) is 32.5 Å². The summed E-state index contributed by atoms with van der Waals surface area (Å²) < 4.78 is 0. The van der Waals surface area contributed by atoms with Gasteiger partial charge in [0.1, 0.15) is 0 Å². The molecule has 4 aromatic carbocycles. The number of Topliss-reactive ketones (excluding diaryl/α,β-unsaturated/α-hetero) is 1. The molecular formula is C22H16O. The Hall–Kier alpha value is -2.67. The summed E-state index contributed by atoms with van der Waals surface area (Å²) in [5.74, 6) is 0.303. The fourth-order valence-electron chi connectivity index (χ4n) is 4.16. The minimum atomic E-state index is 0.303. The van der Waals surface area contributed by atoms with Crippen molar-refractivity contribution in [3.05, 3.63) is 71.8 Å². The molecule has 110 valence electrons. The number of hydrogen-bond donors (Lipinski definition) is 0. The average Bonchev–Trinajstić information content (AvgIpc) is 2.61. The second-order valence-electron chi connectivity index (χ2n) is 6.39. The van der Waals surface area contributed by atoms with Gasteiger partial charge in [0, 0.05) is 12.0 Å². The maximum atomic E-state index is 12.7. The van der Waals surface area contributed by atoms with Crippen molar-refractivity contribution >= 4 is 38.1 Å². The van der Waals surface area contributed by atoms with Crippen LogP contribution in [0, 0.1) is 0 Å². The van der Waals surface area contributed by atoms with Crippen LogP contribution in [0.25, 0.3) is 32.3 Å². The topological polar surface area (TPSA) is 17.1 Å². The normalized spacial score (nSPS) is 14.5. The summed E-state index contributed by atoms with van der Waals surface area (Å²) in [6, 6.07) is 21.3. The van der Waals surface area contributed by atoms with Crippen molar-refractivity contribution in [1.29, 1.82) is 0 Å². The third-order valence-corrected chi connectivity index (χ3v) is 5.13. The first-order chi connectivity index (χ1) is 11.3. The van der Waals surface area contributed by atoms with E-state index in [1.807, 2.05) is 0 Å². The second kappa shape index (κ2) is 4.66. The number of aryl methyl sites for hydroxylation is 1. The molecule has 4 aromatic rings. The molecule has 0 atom stereocenters. The molecule has 0 aromatic heterocycles. The van der Waals surface area contributed by atoms with Crippen molar-refractivity contribution in [3.8, 4) is 0 Å². The lowest BCUT2D eigenvalue weighted by Crippen LogP contribution is -2.12. The summed E-state index contributed by atoms with van der Waals surface area (Å²) >= 11 is 0. The molecule has 0 amide bonds. The van der Waals surface area contributed by atoms with Crippen LogP contribution >= 0.6 is 0 Å². The number of ketones is 1. The van der Waals surface area contributed by atoms with Crippen molar-refractivity contribution in [1.82, 2.24) is 0 Å². The van der Waals surface area contributed by atoms with Crippen molar-refractivity contribution < 1.29 is 4.79 Å². The minimum Gasteiger partial charge on any atom is -0.294 e. The highest BCUT2D eigenvalue weighted by Gasteiger charge is 2.23. The molecule has 1 nitrogen and oxygen atoms in total. The maximum absolute atomic E-state index is 12.7. The second-order valence-corrected chi connectivity index (χ2v) is 6.39. The quantitative estimate of drug-likeness (QED) is 0.382. The fraction of sp³-hybridized carbons (Fsp3) is 0.136. The average molecular weight is 296 g/mol. The molecule has 0 saturated carbocycles. The minimum absolute atomic E-state index is 0.303. The third-order valence-electron chi connectivity index (χ3n) is 5.13. The predicted molar refractivity (Wildman–Crippen MR) is 96.2 cm³/mol. The maximum Gasteiger partial charge on any atom is 0.163 e. The van der Waals surface area contributed by atoms with Crippen LogP contribution in [0.3, 0.4) is 0 Å². The van der Waals surface area contributed by atoms with Gasteiger partial charge in [-0.1, -0.05) is 60.7 Å². The fourth-order valence-corrected chi connectivity index (χ4v) is 4.16. The summed E-state index contributed by atoms with van der Waals surface area (Å²) in [6.45, 7) is 0. The lowest BCUT2D eigenvalue weighted by molar-refractivity contribution is 0.0974. The molecule has 0 spiro atoms. The third kappa shape index (κ3) is 1.71. The zero-order valence-electron chi connectivity index (χ0n) is 12.8. The number of carbonyl (C=O) groups is 1. The van der Waals surface area contributed by atoms with Gasteiger partial charge in [-0.05, 0) is 50.7 Å². The molecule has 0 fully saturated rings. The molecule has 23 heavy (non-hydrogen) atoms. The highest BCUT2D eigenvalue weighted by molar-refractivity contribution is 6.27. The Bertz CT molecular complexity index is 1110. The van der Waals surface area contributed by atoms with Gasteiger partial charge in [0.15, 0.2) is 5.78 Å². The van der Waals surface area contributed by atoms with Crippen LogP contribution < -0.4 is 0 Å². The van der Waals surface area contributed by atoms with Crippen LogP contribution in [0.2, 0.25) is 0 Å². The van der Waals surface area contributed by atoms with E-state index in [0.717, 1.165) is 23.8 Å². The lowest BCUT2D eigenvalue weighted by Gasteiger charge is -2.21. The summed E-state index contributed by atoms with van der Waals surface area (Å²) in [6.07, 6.45) is 2.65. The largest absolute Gasteiger partial charge is 0.294 e. The molecule has 5 rings (SSSR count). The Labute approximate surface area is 134 Å². The van der Waals surface area contributed by atoms with Gasteiger partial charge in [-0.25, -0.2) is 0 Å². The number of benzene rings is 4. The van der Waals surface area contributed by atoms with E-state index in [0.29, 0.717) is 12.2 Å². The Morgan fingerprint density at radius 1 is 0.652 bits per heavy atom. The van der Waals surface area contributed by atoms with Crippen LogP contribution in [0.1, 0.15) is 28.8 Å². The van der Waals surface area contributed by atoms with E-state index in [-0.39, 0.29) is 0 Å². The van der Waals surface area contributed by atoms with Crippen molar-refractivity contribution in [3.63, 3.8) is 0 Å². The first-order valence-electron chi connectivity index (χ1n) is 8.23. The van der Waals surface area contributed by atoms with E-state index in [2.05, 4.69) is 60.7 Å². The zero-order valence-corrected chi connectivity index (χ0v) is 12.8. The predicted octanol–water partition coefficient (Wildman–Crippen LogP) is 5.67. The van der Waals surface area contributed by atoms with E-state index in [4.69, 9.17) is 0 Å². The molecule has 1 aliphatic carbocycles. The molecule has 0 saturated heterocycles. The van der Waals surface area contributed by atoms with Gasteiger partial charge in [-0.15, -0.1) is 0 Å². The van der Waals surface area contributed by atoms with Crippen LogP contribution in [0.5, 0.6) is 0 Å². The Morgan fingerprint density at radius 2 is 1.39 bits per heavy atom. The summed E-state index contributed by atoms with van der Waals surface area (Å²) in [5, 5.41) is 7.35. The Balaban J connectivity index is 2.14.